The third kappa shape index (κ3) is 3.09. The molecule has 0 saturated heterocycles. The summed E-state index contributed by atoms with van der Waals surface area (Å²) in [6.45, 7) is 3.59. The molecule has 16 heavy (non-hydrogen) atoms. The smallest absolute Gasteiger partial charge is 0.131 e. The molecule has 0 fully saturated rings. The molecular formula is C13H16N2O. The summed E-state index contributed by atoms with van der Waals surface area (Å²) in [5.74, 6) is 0.177. The third-order valence-electron chi connectivity index (χ3n) is 2.63. The second-order valence-corrected chi connectivity index (χ2v) is 4.03. The van der Waals surface area contributed by atoms with Crippen molar-refractivity contribution in [3.8, 4) is 6.07 Å². The molecule has 1 atom stereocenters. The standard InChI is InChI=1S/C13H16N2O/c1-10(7-11(2)16)15(3)13-6-4-5-12(8-13)9-14/h4-6,8,10H,7H2,1-3H3. The first-order valence-corrected chi connectivity index (χ1v) is 5.27. The molecule has 1 rings (SSSR count). The highest BCUT2D eigenvalue weighted by atomic mass is 16.1. The number of hydrogen-bond donors (Lipinski definition) is 0. The summed E-state index contributed by atoms with van der Waals surface area (Å²) in [7, 11) is 1.93. The van der Waals surface area contributed by atoms with Crippen LogP contribution >= 0.6 is 0 Å². The van der Waals surface area contributed by atoms with Gasteiger partial charge in [0.15, 0.2) is 0 Å². The average Bonchev–Trinajstić information content (AvgIpc) is 2.27. The van der Waals surface area contributed by atoms with Crippen LogP contribution in [0.2, 0.25) is 0 Å². The molecule has 1 aromatic carbocycles. The number of benzene rings is 1. The molecule has 84 valence electrons. The first-order valence-electron chi connectivity index (χ1n) is 5.27. The molecule has 3 nitrogen and oxygen atoms in total. The first kappa shape index (κ1) is 12.3. The van der Waals surface area contributed by atoms with Crippen LogP contribution in [-0.2, 0) is 4.79 Å². The third-order valence-corrected chi connectivity index (χ3v) is 2.63. The number of carbonyl (C=O) groups excluding carboxylic acids is 1. The molecule has 0 aliphatic carbocycles. The van der Waals surface area contributed by atoms with E-state index < -0.39 is 0 Å². The number of nitrogens with zero attached hydrogens (tertiary/aromatic N) is 2. The summed E-state index contributed by atoms with van der Waals surface area (Å²) in [5, 5.41) is 8.81. The van der Waals surface area contributed by atoms with Crippen LogP contribution in [0.1, 0.15) is 25.8 Å². The number of Topliss-reactive ketones (excluding diaryl/α,β-unsaturated/α-hetero) is 1. The highest BCUT2D eigenvalue weighted by molar-refractivity contribution is 5.76. The largest absolute Gasteiger partial charge is 0.371 e. The van der Waals surface area contributed by atoms with Gasteiger partial charge in [0.05, 0.1) is 11.6 Å². The Kier molecular flexibility index (Phi) is 4.07. The van der Waals surface area contributed by atoms with E-state index in [-0.39, 0.29) is 11.8 Å². The van der Waals surface area contributed by atoms with E-state index in [0.717, 1.165) is 5.69 Å². The van der Waals surface area contributed by atoms with Crippen molar-refractivity contribution in [3.63, 3.8) is 0 Å². The fraction of sp³-hybridized carbons (Fsp3) is 0.385. The molecule has 1 aromatic rings. The molecule has 0 amide bonds. The zero-order chi connectivity index (χ0) is 12.1. The van der Waals surface area contributed by atoms with Crippen molar-refractivity contribution in [2.45, 2.75) is 26.3 Å². The Labute approximate surface area is 96.3 Å². The van der Waals surface area contributed by atoms with Crippen molar-refractivity contribution in [1.29, 1.82) is 5.26 Å². The Morgan fingerprint density at radius 2 is 2.25 bits per heavy atom. The molecule has 1 unspecified atom stereocenters. The van der Waals surface area contributed by atoms with E-state index in [1.807, 2.05) is 37.1 Å². The molecule has 0 aliphatic rings. The minimum absolute atomic E-state index is 0.145. The van der Waals surface area contributed by atoms with E-state index in [0.29, 0.717) is 12.0 Å². The van der Waals surface area contributed by atoms with Crippen molar-refractivity contribution < 1.29 is 4.79 Å². The predicted octanol–water partition coefficient (Wildman–Crippen LogP) is 2.36. The summed E-state index contributed by atoms with van der Waals surface area (Å²) in [6.07, 6.45) is 0.521. The molecule has 0 spiro atoms. The van der Waals surface area contributed by atoms with Crippen molar-refractivity contribution in [2.24, 2.45) is 0 Å². The number of anilines is 1. The molecule has 0 aromatic heterocycles. The summed E-state index contributed by atoms with van der Waals surface area (Å²) in [4.78, 5) is 13.1. The van der Waals surface area contributed by atoms with Gasteiger partial charge >= 0.3 is 0 Å². The van der Waals surface area contributed by atoms with Crippen molar-refractivity contribution in [3.05, 3.63) is 29.8 Å². The molecular weight excluding hydrogens is 200 g/mol. The molecule has 0 radical (unpaired) electrons. The van der Waals surface area contributed by atoms with Crippen molar-refractivity contribution in [1.82, 2.24) is 0 Å². The van der Waals surface area contributed by atoms with Crippen LogP contribution in [0.5, 0.6) is 0 Å². The monoisotopic (exact) mass is 216 g/mol. The predicted molar refractivity (Wildman–Crippen MR) is 64.3 cm³/mol. The summed E-state index contributed by atoms with van der Waals surface area (Å²) in [6, 6.07) is 9.65. The second kappa shape index (κ2) is 5.32. The molecule has 0 bridgehead atoms. The van der Waals surface area contributed by atoms with Crippen LogP contribution in [0, 0.1) is 11.3 Å². The van der Waals surface area contributed by atoms with Gasteiger partial charge in [0.25, 0.3) is 0 Å². The highest BCUT2D eigenvalue weighted by Crippen LogP contribution is 2.18. The topological polar surface area (TPSA) is 44.1 Å². The minimum atomic E-state index is 0.145. The van der Waals surface area contributed by atoms with E-state index in [4.69, 9.17) is 5.26 Å². The van der Waals surface area contributed by atoms with Gasteiger partial charge in [-0.3, -0.25) is 4.79 Å². The summed E-state index contributed by atoms with van der Waals surface area (Å²) >= 11 is 0. The molecule has 3 heteroatoms. The zero-order valence-electron chi connectivity index (χ0n) is 9.90. The fourth-order valence-corrected chi connectivity index (χ4v) is 1.60. The van der Waals surface area contributed by atoms with Gasteiger partial charge < -0.3 is 4.90 Å². The lowest BCUT2D eigenvalue weighted by molar-refractivity contribution is -0.117. The maximum Gasteiger partial charge on any atom is 0.131 e. The Bertz CT molecular complexity index is 420. The lowest BCUT2D eigenvalue weighted by Crippen LogP contribution is -2.30. The molecule has 0 aliphatic heterocycles. The van der Waals surface area contributed by atoms with Gasteiger partial charge in [-0.15, -0.1) is 0 Å². The van der Waals surface area contributed by atoms with Gasteiger partial charge in [0.1, 0.15) is 5.78 Å². The second-order valence-electron chi connectivity index (χ2n) is 4.03. The van der Waals surface area contributed by atoms with Crippen molar-refractivity contribution in [2.75, 3.05) is 11.9 Å². The highest BCUT2D eigenvalue weighted by Gasteiger charge is 2.12. The van der Waals surface area contributed by atoms with Crippen LogP contribution in [0.15, 0.2) is 24.3 Å². The van der Waals surface area contributed by atoms with Gasteiger partial charge in [-0.1, -0.05) is 6.07 Å². The number of rotatable bonds is 4. The Morgan fingerprint density at radius 3 is 2.81 bits per heavy atom. The van der Waals surface area contributed by atoms with Gasteiger partial charge in [-0.2, -0.15) is 5.26 Å². The SMILES string of the molecule is CC(=O)CC(C)N(C)c1cccc(C#N)c1. The van der Waals surface area contributed by atoms with Crippen LogP contribution in [0.25, 0.3) is 0 Å². The minimum Gasteiger partial charge on any atom is -0.371 e. The molecule has 0 N–H and O–H groups in total. The summed E-state index contributed by atoms with van der Waals surface area (Å²) in [5.41, 5.74) is 1.60. The van der Waals surface area contributed by atoms with E-state index in [2.05, 4.69) is 6.07 Å². The summed E-state index contributed by atoms with van der Waals surface area (Å²) < 4.78 is 0. The number of nitriles is 1. The first-order chi connectivity index (χ1) is 7.54. The Morgan fingerprint density at radius 1 is 1.56 bits per heavy atom. The molecule has 0 saturated carbocycles. The molecule has 0 heterocycles. The maximum atomic E-state index is 11.0. The fourth-order valence-electron chi connectivity index (χ4n) is 1.60. The van der Waals surface area contributed by atoms with Gasteiger partial charge in [0, 0.05) is 25.2 Å². The average molecular weight is 216 g/mol. The van der Waals surface area contributed by atoms with Crippen LogP contribution < -0.4 is 4.90 Å². The van der Waals surface area contributed by atoms with E-state index >= 15 is 0 Å². The van der Waals surface area contributed by atoms with E-state index in [9.17, 15) is 4.79 Å². The maximum absolute atomic E-state index is 11.0. The Hall–Kier alpha value is -1.82. The van der Waals surface area contributed by atoms with Gasteiger partial charge in [0.2, 0.25) is 0 Å². The van der Waals surface area contributed by atoms with Crippen LogP contribution in [0.4, 0.5) is 5.69 Å². The van der Waals surface area contributed by atoms with Gasteiger partial charge in [-0.05, 0) is 32.0 Å². The Balaban J connectivity index is 2.83. The van der Waals surface area contributed by atoms with E-state index in [1.54, 1.807) is 13.0 Å². The van der Waals surface area contributed by atoms with Gasteiger partial charge in [-0.25, -0.2) is 0 Å². The normalized spacial score (nSPS) is 11.6. The number of hydrogen-bond acceptors (Lipinski definition) is 3. The number of ketones is 1. The lowest BCUT2D eigenvalue weighted by atomic mass is 10.1. The number of carbonyl (C=O) groups is 1. The zero-order valence-corrected chi connectivity index (χ0v) is 9.90. The van der Waals surface area contributed by atoms with E-state index in [1.165, 1.54) is 0 Å². The lowest BCUT2D eigenvalue weighted by Gasteiger charge is -2.26. The quantitative estimate of drug-likeness (QED) is 0.776. The van der Waals surface area contributed by atoms with Crippen molar-refractivity contribution >= 4 is 11.5 Å². The van der Waals surface area contributed by atoms with Crippen LogP contribution in [-0.4, -0.2) is 18.9 Å². The van der Waals surface area contributed by atoms with Crippen LogP contribution in [0.3, 0.4) is 0 Å².